The summed E-state index contributed by atoms with van der Waals surface area (Å²) < 4.78 is 6.99. The third-order valence-corrected chi connectivity index (χ3v) is 4.62. The molecule has 0 saturated heterocycles. The van der Waals surface area contributed by atoms with Gasteiger partial charge >= 0.3 is 0 Å². The molecule has 3 aromatic rings. The summed E-state index contributed by atoms with van der Waals surface area (Å²) in [4.78, 5) is 12.6. The Hall–Kier alpha value is -2.60. The Morgan fingerprint density at radius 3 is 2.68 bits per heavy atom. The summed E-state index contributed by atoms with van der Waals surface area (Å²) in [5, 5.41) is 11.8. The van der Waals surface area contributed by atoms with Crippen LogP contribution in [0.3, 0.4) is 0 Å². The molecular formula is C18H19ClN4O2. The minimum atomic E-state index is -0.315. The number of nitrogens with one attached hydrogen (secondary N) is 1. The summed E-state index contributed by atoms with van der Waals surface area (Å²) in [6, 6.07) is 7.58. The number of carbonyl (C=O) groups is 1. The zero-order chi connectivity index (χ0) is 18.1. The van der Waals surface area contributed by atoms with E-state index in [1.807, 2.05) is 45.0 Å². The monoisotopic (exact) mass is 358 g/mol. The molecule has 0 aliphatic heterocycles. The van der Waals surface area contributed by atoms with Gasteiger partial charge in [-0.05, 0) is 45.4 Å². The van der Waals surface area contributed by atoms with Gasteiger partial charge in [0.15, 0.2) is 5.69 Å². The molecule has 2 aromatic heterocycles. The lowest BCUT2D eigenvalue weighted by Gasteiger charge is -2.07. The largest absolute Gasteiger partial charge is 0.361 e. The van der Waals surface area contributed by atoms with Gasteiger partial charge < -0.3 is 9.84 Å². The van der Waals surface area contributed by atoms with Gasteiger partial charge in [0, 0.05) is 11.3 Å². The average Bonchev–Trinajstić information content (AvgIpc) is 3.04. The Kier molecular flexibility index (Phi) is 4.63. The fourth-order valence-electron chi connectivity index (χ4n) is 2.65. The van der Waals surface area contributed by atoms with E-state index in [0.29, 0.717) is 28.6 Å². The van der Waals surface area contributed by atoms with Crippen molar-refractivity contribution < 1.29 is 9.32 Å². The second-order valence-corrected chi connectivity index (χ2v) is 6.41. The highest BCUT2D eigenvalue weighted by molar-refractivity contribution is 6.31. The molecular weight excluding hydrogens is 340 g/mol. The standard InChI is InChI=1S/C18H19ClN4O2/c1-10-6-5-7-14(8-10)20-18(24)17-15(13(4)25-22-17)9-23-12(3)16(19)11(2)21-23/h5-8H,9H2,1-4H3,(H,20,24). The van der Waals surface area contributed by atoms with E-state index in [2.05, 4.69) is 15.6 Å². The van der Waals surface area contributed by atoms with Gasteiger partial charge in [-0.15, -0.1) is 0 Å². The predicted molar refractivity (Wildman–Crippen MR) is 96.2 cm³/mol. The summed E-state index contributed by atoms with van der Waals surface area (Å²) in [7, 11) is 0. The van der Waals surface area contributed by atoms with Crippen molar-refractivity contribution in [2.45, 2.75) is 34.2 Å². The van der Waals surface area contributed by atoms with Gasteiger partial charge in [0.2, 0.25) is 0 Å². The molecule has 0 radical (unpaired) electrons. The van der Waals surface area contributed by atoms with Gasteiger partial charge in [0.05, 0.1) is 23.0 Å². The molecule has 0 saturated carbocycles. The number of anilines is 1. The minimum Gasteiger partial charge on any atom is -0.361 e. The smallest absolute Gasteiger partial charge is 0.278 e. The maximum atomic E-state index is 12.6. The Labute approximate surface area is 150 Å². The highest BCUT2D eigenvalue weighted by Gasteiger charge is 2.22. The Morgan fingerprint density at radius 1 is 1.28 bits per heavy atom. The lowest BCUT2D eigenvalue weighted by atomic mass is 10.1. The van der Waals surface area contributed by atoms with Crippen LogP contribution in [0.4, 0.5) is 5.69 Å². The van der Waals surface area contributed by atoms with Crippen LogP contribution >= 0.6 is 11.6 Å². The van der Waals surface area contributed by atoms with E-state index in [-0.39, 0.29) is 11.6 Å². The van der Waals surface area contributed by atoms with E-state index < -0.39 is 0 Å². The van der Waals surface area contributed by atoms with E-state index in [0.717, 1.165) is 17.0 Å². The highest BCUT2D eigenvalue weighted by atomic mass is 35.5. The molecule has 7 heteroatoms. The number of nitrogens with zero attached hydrogens (tertiary/aromatic N) is 3. The van der Waals surface area contributed by atoms with Crippen molar-refractivity contribution in [3.63, 3.8) is 0 Å². The van der Waals surface area contributed by atoms with Crippen LogP contribution in [0.25, 0.3) is 0 Å². The van der Waals surface area contributed by atoms with Crippen molar-refractivity contribution in [1.29, 1.82) is 0 Å². The van der Waals surface area contributed by atoms with Gasteiger partial charge in [0.1, 0.15) is 5.76 Å². The van der Waals surface area contributed by atoms with Crippen LogP contribution in [0.5, 0.6) is 0 Å². The first-order chi connectivity index (χ1) is 11.9. The molecule has 130 valence electrons. The van der Waals surface area contributed by atoms with Crippen LogP contribution in [-0.2, 0) is 6.54 Å². The lowest BCUT2D eigenvalue weighted by Crippen LogP contribution is -2.16. The van der Waals surface area contributed by atoms with Crippen molar-refractivity contribution in [3.8, 4) is 0 Å². The van der Waals surface area contributed by atoms with Gasteiger partial charge in [-0.2, -0.15) is 5.10 Å². The number of aryl methyl sites for hydroxylation is 3. The molecule has 0 aliphatic rings. The van der Waals surface area contributed by atoms with Crippen molar-refractivity contribution in [2.75, 3.05) is 5.32 Å². The zero-order valence-corrected chi connectivity index (χ0v) is 15.3. The van der Waals surface area contributed by atoms with Crippen molar-refractivity contribution in [1.82, 2.24) is 14.9 Å². The number of amides is 1. The first kappa shape index (κ1) is 17.2. The first-order valence-corrected chi connectivity index (χ1v) is 8.27. The summed E-state index contributed by atoms with van der Waals surface area (Å²) in [5.41, 5.74) is 4.30. The predicted octanol–water partition coefficient (Wildman–Crippen LogP) is 4.06. The van der Waals surface area contributed by atoms with Gasteiger partial charge in [0.25, 0.3) is 5.91 Å². The Balaban J connectivity index is 1.88. The second-order valence-electron chi connectivity index (χ2n) is 6.03. The maximum absolute atomic E-state index is 12.6. The molecule has 1 N–H and O–H groups in total. The molecule has 1 amide bonds. The molecule has 0 fully saturated rings. The van der Waals surface area contributed by atoms with Crippen LogP contribution in [0.15, 0.2) is 28.8 Å². The topological polar surface area (TPSA) is 73.0 Å². The van der Waals surface area contributed by atoms with Crippen LogP contribution < -0.4 is 5.32 Å². The molecule has 6 nitrogen and oxygen atoms in total. The molecule has 3 rings (SSSR count). The molecule has 0 atom stereocenters. The second kappa shape index (κ2) is 6.72. The van der Waals surface area contributed by atoms with E-state index in [4.69, 9.17) is 16.1 Å². The highest BCUT2D eigenvalue weighted by Crippen LogP contribution is 2.22. The van der Waals surface area contributed by atoms with E-state index in [9.17, 15) is 4.79 Å². The summed E-state index contributed by atoms with van der Waals surface area (Å²) in [5.74, 6) is 0.267. The average molecular weight is 359 g/mol. The fraction of sp³-hybridized carbons (Fsp3) is 0.278. The first-order valence-electron chi connectivity index (χ1n) is 7.89. The quantitative estimate of drug-likeness (QED) is 0.763. The molecule has 2 heterocycles. The number of hydrogen-bond donors (Lipinski definition) is 1. The molecule has 0 aliphatic carbocycles. The fourth-order valence-corrected chi connectivity index (χ4v) is 2.78. The summed E-state index contributed by atoms with van der Waals surface area (Å²) >= 11 is 6.20. The number of hydrogen-bond acceptors (Lipinski definition) is 4. The van der Waals surface area contributed by atoms with E-state index >= 15 is 0 Å². The Morgan fingerprint density at radius 2 is 2.04 bits per heavy atom. The van der Waals surface area contributed by atoms with E-state index in [1.54, 1.807) is 11.6 Å². The number of halogens is 1. The van der Waals surface area contributed by atoms with Crippen LogP contribution in [-0.4, -0.2) is 20.8 Å². The third-order valence-electron chi connectivity index (χ3n) is 4.08. The van der Waals surface area contributed by atoms with E-state index in [1.165, 1.54) is 0 Å². The van der Waals surface area contributed by atoms with Crippen LogP contribution in [0, 0.1) is 27.7 Å². The van der Waals surface area contributed by atoms with Crippen molar-refractivity contribution in [2.24, 2.45) is 0 Å². The molecule has 1 aromatic carbocycles. The van der Waals surface area contributed by atoms with Gasteiger partial charge in [-0.3, -0.25) is 9.48 Å². The van der Waals surface area contributed by atoms with Gasteiger partial charge in [-0.25, -0.2) is 0 Å². The Bertz CT molecular complexity index is 943. The molecule has 0 unspecified atom stereocenters. The zero-order valence-electron chi connectivity index (χ0n) is 14.6. The molecule has 25 heavy (non-hydrogen) atoms. The number of rotatable bonds is 4. The van der Waals surface area contributed by atoms with Crippen molar-refractivity contribution in [3.05, 3.63) is 63.3 Å². The van der Waals surface area contributed by atoms with Crippen LogP contribution in [0.1, 0.15) is 38.8 Å². The molecule has 0 bridgehead atoms. The summed E-state index contributed by atoms with van der Waals surface area (Å²) in [6.07, 6.45) is 0. The lowest BCUT2D eigenvalue weighted by molar-refractivity contribution is 0.101. The van der Waals surface area contributed by atoms with Crippen molar-refractivity contribution >= 4 is 23.2 Å². The molecule has 0 spiro atoms. The number of carbonyl (C=O) groups excluding carboxylic acids is 1. The maximum Gasteiger partial charge on any atom is 0.278 e. The normalized spacial score (nSPS) is 10.9. The van der Waals surface area contributed by atoms with Crippen LogP contribution in [0.2, 0.25) is 5.02 Å². The third kappa shape index (κ3) is 3.44. The van der Waals surface area contributed by atoms with Gasteiger partial charge in [-0.1, -0.05) is 28.9 Å². The minimum absolute atomic E-state index is 0.252. The number of benzene rings is 1. The number of aromatic nitrogens is 3. The summed E-state index contributed by atoms with van der Waals surface area (Å²) in [6.45, 7) is 7.84. The SMILES string of the molecule is Cc1cccc(NC(=O)c2noc(C)c2Cn2nc(C)c(Cl)c2C)c1.